The first-order valence-corrected chi connectivity index (χ1v) is 9.16. The van der Waals surface area contributed by atoms with E-state index in [1.165, 1.54) is 17.3 Å². The molecule has 1 aromatic carbocycles. The molecule has 2 aliphatic rings. The minimum atomic E-state index is 0.0655. The Morgan fingerprint density at radius 3 is 3.04 bits per heavy atom. The van der Waals surface area contributed by atoms with Crippen molar-refractivity contribution in [3.8, 4) is 11.5 Å². The van der Waals surface area contributed by atoms with E-state index in [-0.39, 0.29) is 12.7 Å². The number of fused-ring (bicyclic) bond motifs is 1. The van der Waals surface area contributed by atoms with E-state index >= 15 is 0 Å². The minimum Gasteiger partial charge on any atom is -0.454 e. The zero-order chi connectivity index (χ0) is 16.5. The van der Waals surface area contributed by atoms with Crippen LogP contribution in [-0.2, 0) is 0 Å². The topological polar surface area (TPSA) is 51.7 Å². The molecule has 3 heterocycles. The van der Waals surface area contributed by atoms with Crippen LogP contribution in [0, 0.1) is 0 Å². The second-order valence-corrected chi connectivity index (χ2v) is 6.70. The van der Waals surface area contributed by atoms with Gasteiger partial charge in [-0.15, -0.1) is 11.8 Å². The highest BCUT2D eigenvalue weighted by Gasteiger charge is 2.30. The maximum absolute atomic E-state index is 12.8. The van der Waals surface area contributed by atoms with Gasteiger partial charge in [-0.1, -0.05) is 6.07 Å². The summed E-state index contributed by atoms with van der Waals surface area (Å²) >= 11 is 1.50. The number of rotatable bonds is 3. The smallest absolute Gasteiger partial charge is 0.256 e. The Hall–Kier alpha value is -2.21. The summed E-state index contributed by atoms with van der Waals surface area (Å²) in [5, 5.41) is 0.786. The molecular weight excluding hydrogens is 324 g/mol. The second-order valence-electron chi connectivity index (χ2n) is 5.91. The van der Waals surface area contributed by atoms with Crippen LogP contribution in [0.2, 0.25) is 0 Å². The van der Waals surface area contributed by atoms with Crippen molar-refractivity contribution in [2.75, 3.05) is 26.1 Å². The molecule has 1 unspecified atom stereocenters. The van der Waals surface area contributed by atoms with Gasteiger partial charge in [0.1, 0.15) is 5.03 Å². The Morgan fingerprint density at radius 2 is 2.17 bits per heavy atom. The number of amides is 1. The molecule has 1 aromatic heterocycles. The highest BCUT2D eigenvalue weighted by atomic mass is 32.2. The summed E-state index contributed by atoms with van der Waals surface area (Å²) in [6.07, 6.45) is 4.63. The molecular formula is C18H18N2O3S. The molecule has 2 aromatic rings. The first-order valence-electron chi connectivity index (χ1n) is 7.94. The summed E-state index contributed by atoms with van der Waals surface area (Å²) in [4.78, 5) is 19.0. The summed E-state index contributed by atoms with van der Waals surface area (Å²) in [6.45, 7) is 1.77. The normalized spacial score (nSPS) is 18.9. The Morgan fingerprint density at radius 1 is 1.29 bits per heavy atom. The van der Waals surface area contributed by atoms with Gasteiger partial charge in [0.2, 0.25) is 6.79 Å². The van der Waals surface area contributed by atoms with E-state index in [1.807, 2.05) is 35.4 Å². The average Bonchev–Trinajstić information content (AvgIpc) is 3.29. The molecule has 0 N–H and O–H groups in total. The maximum Gasteiger partial charge on any atom is 0.256 e. The lowest BCUT2D eigenvalue weighted by atomic mass is 9.98. The number of benzene rings is 1. The van der Waals surface area contributed by atoms with E-state index in [0.717, 1.165) is 36.0 Å². The van der Waals surface area contributed by atoms with Crippen molar-refractivity contribution >= 4 is 17.7 Å². The van der Waals surface area contributed by atoms with Crippen LogP contribution in [0.1, 0.15) is 28.3 Å². The Kier molecular flexibility index (Phi) is 4.06. The van der Waals surface area contributed by atoms with E-state index in [1.54, 1.807) is 6.20 Å². The van der Waals surface area contributed by atoms with Crippen LogP contribution < -0.4 is 9.47 Å². The summed E-state index contributed by atoms with van der Waals surface area (Å²) in [5.74, 6) is 1.99. The third-order valence-electron chi connectivity index (χ3n) is 4.54. The van der Waals surface area contributed by atoms with Crippen molar-refractivity contribution in [2.45, 2.75) is 17.4 Å². The molecule has 0 saturated carbocycles. The van der Waals surface area contributed by atoms with Crippen LogP contribution in [0.4, 0.5) is 0 Å². The van der Waals surface area contributed by atoms with Crippen molar-refractivity contribution in [2.24, 2.45) is 0 Å². The van der Waals surface area contributed by atoms with Crippen molar-refractivity contribution in [1.82, 2.24) is 9.88 Å². The number of likely N-dealkylation sites (tertiary alicyclic amines) is 1. The Labute approximate surface area is 145 Å². The lowest BCUT2D eigenvalue weighted by Crippen LogP contribution is -2.29. The molecule has 0 spiro atoms. The van der Waals surface area contributed by atoms with Crippen LogP contribution in [0.3, 0.4) is 0 Å². The quantitative estimate of drug-likeness (QED) is 0.802. The fourth-order valence-corrected chi connectivity index (χ4v) is 3.81. The van der Waals surface area contributed by atoms with Gasteiger partial charge in [0.05, 0.1) is 5.56 Å². The summed E-state index contributed by atoms with van der Waals surface area (Å²) in [5.41, 5.74) is 1.89. The number of ether oxygens (including phenoxy) is 2. The van der Waals surface area contributed by atoms with E-state index in [9.17, 15) is 4.79 Å². The van der Waals surface area contributed by atoms with Crippen LogP contribution >= 0.6 is 11.8 Å². The number of hydrogen-bond acceptors (Lipinski definition) is 5. The predicted octanol–water partition coefficient (Wildman–Crippen LogP) is 3.16. The third kappa shape index (κ3) is 2.71. The van der Waals surface area contributed by atoms with Gasteiger partial charge in [-0.2, -0.15) is 0 Å². The highest BCUT2D eigenvalue weighted by Crippen LogP contribution is 2.37. The van der Waals surface area contributed by atoms with Crippen molar-refractivity contribution < 1.29 is 14.3 Å². The third-order valence-corrected chi connectivity index (χ3v) is 5.25. The second kappa shape index (κ2) is 6.36. The molecule has 2 aliphatic heterocycles. The summed E-state index contributed by atoms with van der Waals surface area (Å²) in [6, 6.07) is 9.74. The standard InChI is InChI=1S/C18H18N2O3S/c1-24-17-14(3-2-7-19-17)18(21)20-8-6-13(10-20)12-4-5-15-16(9-12)23-11-22-15/h2-5,7,9,13H,6,8,10-11H2,1H3. The van der Waals surface area contributed by atoms with Crippen LogP contribution in [0.25, 0.3) is 0 Å². The van der Waals surface area contributed by atoms with Gasteiger partial charge >= 0.3 is 0 Å². The molecule has 0 radical (unpaired) electrons. The van der Waals surface area contributed by atoms with Crippen molar-refractivity contribution in [3.05, 3.63) is 47.7 Å². The lowest BCUT2D eigenvalue weighted by Gasteiger charge is -2.18. The molecule has 1 fully saturated rings. The predicted molar refractivity (Wildman–Crippen MR) is 91.8 cm³/mol. The molecule has 5 nitrogen and oxygen atoms in total. The van der Waals surface area contributed by atoms with Gasteiger partial charge in [0.25, 0.3) is 5.91 Å². The number of carbonyl (C=O) groups excluding carboxylic acids is 1. The van der Waals surface area contributed by atoms with E-state index < -0.39 is 0 Å². The zero-order valence-electron chi connectivity index (χ0n) is 13.4. The number of carbonyl (C=O) groups is 1. The molecule has 0 aliphatic carbocycles. The van der Waals surface area contributed by atoms with Gasteiger partial charge in [-0.05, 0) is 42.5 Å². The number of aromatic nitrogens is 1. The molecule has 1 amide bonds. The van der Waals surface area contributed by atoms with Gasteiger partial charge in [0, 0.05) is 25.2 Å². The van der Waals surface area contributed by atoms with E-state index in [4.69, 9.17) is 9.47 Å². The largest absolute Gasteiger partial charge is 0.454 e. The summed E-state index contributed by atoms with van der Waals surface area (Å²) < 4.78 is 10.8. The lowest BCUT2D eigenvalue weighted by molar-refractivity contribution is 0.0786. The fraction of sp³-hybridized carbons (Fsp3) is 0.333. The van der Waals surface area contributed by atoms with E-state index in [2.05, 4.69) is 11.1 Å². The molecule has 6 heteroatoms. The Balaban J connectivity index is 1.51. The minimum absolute atomic E-state index is 0.0655. The van der Waals surface area contributed by atoms with E-state index in [0.29, 0.717) is 11.5 Å². The number of thioether (sulfide) groups is 1. The zero-order valence-corrected chi connectivity index (χ0v) is 14.2. The fourth-order valence-electron chi connectivity index (χ4n) is 3.27. The number of nitrogens with zero attached hydrogens (tertiary/aromatic N) is 2. The Bertz CT molecular complexity index is 781. The average molecular weight is 342 g/mol. The first kappa shape index (κ1) is 15.3. The van der Waals surface area contributed by atoms with Gasteiger partial charge in [0.15, 0.2) is 11.5 Å². The van der Waals surface area contributed by atoms with Crippen LogP contribution in [-0.4, -0.2) is 41.9 Å². The molecule has 1 atom stereocenters. The molecule has 24 heavy (non-hydrogen) atoms. The van der Waals surface area contributed by atoms with Gasteiger partial charge in [-0.25, -0.2) is 4.98 Å². The van der Waals surface area contributed by atoms with Crippen molar-refractivity contribution in [1.29, 1.82) is 0 Å². The SMILES string of the molecule is CSc1ncccc1C(=O)N1CCC(c2ccc3c(c2)OCO3)C1. The number of hydrogen-bond donors (Lipinski definition) is 0. The highest BCUT2D eigenvalue weighted by molar-refractivity contribution is 7.98. The molecule has 124 valence electrons. The molecule has 4 rings (SSSR count). The summed E-state index contributed by atoms with van der Waals surface area (Å²) in [7, 11) is 0. The van der Waals surface area contributed by atoms with Gasteiger partial charge < -0.3 is 14.4 Å². The first-order chi connectivity index (χ1) is 11.8. The molecule has 0 bridgehead atoms. The maximum atomic E-state index is 12.8. The van der Waals surface area contributed by atoms with Crippen molar-refractivity contribution in [3.63, 3.8) is 0 Å². The molecule has 1 saturated heterocycles. The van der Waals surface area contributed by atoms with Crippen LogP contribution in [0.5, 0.6) is 11.5 Å². The van der Waals surface area contributed by atoms with Crippen LogP contribution in [0.15, 0.2) is 41.6 Å². The monoisotopic (exact) mass is 342 g/mol. The number of pyridine rings is 1. The van der Waals surface area contributed by atoms with Gasteiger partial charge in [-0.3, -0.25) is 4.79 Å².